The SMILES string of the molecule is O=C(Nc1c(F)cccc1F)c1cnc(NC2CCCCC2)cn1. The van der Waals surface area contributed by atoms with Gasteiger partial charge in [-0.05, 0) is 25.0 Å². The number of nitrogens with zero attached hydrogens (tertiary/aromatic N) is 2. The zero-order valence-electron chi connectivity index (χ0n) is 13.1. The Bertz CT molecular complexity index is 695. The van der Waals surface area contributed by atoms with E-state index in [0.717, 1.165) is 25.0 Å². The summed E-state index contributed by atoms with van der Waals surface area (Å²) in [7, 11) is 0. The Morgan fingerprint density at radius 2 is 1.75 bits per heavy atom. The summed E-state index contributed by atoms with van der Waals surface area (Å²) in [6, 6.07) is 3.75. The third kappa shape index (κ3) is 3.84. The van der Waals surface area contributed by atoms with Crippen LogP contribution in [0.4, 0.5) is 20.3 Å². The molecule has 1 fully saturated rings. The van der Waals surface area contributed by atoms with E-state index in [1.807, 2.05) is 0 Å². The van der Waals surface area contributed by atoms with Gasteiger partial charge in [-0.2, -0.15) is 0 Å². The number of carbonyl (C=O) groups is 1. The average Bonchev–Trinajstić information content (AvgIpc) is 2.60. The Hall–Kier alpha value is -2.57. The molecule has 1 heterocycles. The summed E-state index contributed by atoms with van der Waals surface area (Å²) in [5.41, 5.74) is -0.499. The van der Waals surface area contributed by atoms with E-state index in [1.54, 1.807) is 0 Å². The van der Waals surface area contributed by atoms with E-state index in [2.05, 4.69) is 20.6 Å². The van der Waals surface area contributed by atoms with Crippen LogP contribution in [0.5, 0.6) is 0 Å². The van der Waals surface area contributed by atoms with Gasteiger partial charge in [0.2, 0.25) is 0 Å². The van der Waals surface area contributed by atoms with Crippen LogP contribution in [0.15, 0.2) is 30.6 Å². The second-order valence-electron chi connectivity index (χ2n) is 5.82. The van der Waals surface area contributed by atoms with Crippen molar-refractivity contribution in [1.29, 1.82) is 0 Å². The van der Waals surface area contributed by atoms with Crippen LogP contribution in [0.3, 0.4) is 0 Å². The molecule has 1 aromatic carbocycles. The number of benzene rings is 1. The second kappa shape index (κ2) is 7.33. The van der Waals surface area contributed by atoms with Crippen molar-refractivity contribution in [3.63, 3.8) is 0 Å². The Kier molecular flexibility index (Phi) is 4.98. The van der Waals surface area contributed by atoms with Crippen LogP contribution in [-0.4, -0.2) is 21.9 Å². The van der Waals surface area contributed by atoms with Crippen molar-refractivity contribution in [2.75, 3.05) is 10.6 Å². The molecule has 5 nitrogen and oxygen atoms in total. The molecule has 0 atom stereocenters. The summed E-state index contributed by atoms with van der Waals surface area (Å²) in [5, 5.41) is 5.47. The fourth-order valence-corrected chi connectivity index (χ4v) is 2.77. The van der Waals surface area contributed by atoms with Crippen LogP contribution in [0.1, 0.15) is 42.6 Å². The minimum atomic E-state index is -0.841. The van der Waals surface area contributed by atoms with Crippen LogP contribution in [0, 0.1) is 11.6 Å². The van der Waals surface area contributed by atoms with Gasteiger partial charge in [0.25, 0.3) is 5.91 Å². The first kappa shape index (κ1) is 16.3. The topological polar surface area (TPSA) is 66.9 Å². The van der Waals surface area contributed by atoms with E-state index in [0.29, 0.717) is 11.9 Å². The smallest absolute Gasteiger partial charge is 0.276 e. The van der Waals surface area contributed by atoms with Crippen LogP contribution < -0.4 is 10.6 Å². The molecule has 0 unspecified atom stereocenters. The first-order valence-corrected chi connectivity index (χ1v) is 7.97. The van der Waals surface area contributed by atoms with Gasteiger partial charge in [0.05, 0.1) is 12.4 Å². The molecule has 1 saturated carbocycles. The van der Waals surface area contributed by atoms with Crippen molar-refractivity contribution in [3.8, 4) is 0 Å². The van der Waals surface area contributed by atoms with Crippen molar-refractivity contribution >= 4 is 17.4 Å². The number of hydrogen-bond acceptors (Lipinski definition) is 4. The Morgan fingerprint density at radius 3 is 2.38 bits per heavy atom. The van der Waals surface area contributed by atoms with Crippen LogP contribution in [0.2, 0.25) is 0 Å². The first-order chi connectivity index (χ1) is 11.6. The molecule has 126 valence electrons. The van der Waals surface area contributed by atoms with Crippen molar-refractivity contribution < 1.29 is 13.6 Å². The molecule has 0 spiro atoms. The molecule has 1 aliphatic rings. The van der Waals surface area contributed by atoms with Gasteiger partial charge in [-0.25, -0.2) is 18.7 Å². The van der Waals surface area contributed by atoms with Crippen molar-refractivity contribution in [2.45, 2.75) is 38.1 Å². The van der Waals surface area contributed by atoms with Crippen molar-refractivity contribution in [1.82, 2.24) is 9.97 Å². The molecule has 0 aliphatic heterocycles. The summed E-state index contributed by atoms with van der Waals surface area (Å²) < 4.78 is 27.1. The number of halogens is 2. The monoisotopic (exact) mass is 332 g/mol. The number of anilines is 2. The molecule has 1 aromatic heterocycles. The highest BCUT2D eigenvalue weighted by molar-refractivity contribution is 6.02. The molecule has 1 aliphatic carbocycles. The average molecular weight is 332 g/mol. The van der Waals surface area contributed by atoms with E-state index in [4.69, 9.17) is 0 Å². The van der Waals surface area contributed by atoms with E-state index >= 15 is 0 Å². The van der Waals surface area contributed by atoms with Crippen molar-refractivity contribution in [3.05, 3.63) is 47.9 Å². The van der Waals surface area contributed by atoms with E-state index < -0.39 is 23.2 Å². The third-order valence-electron chi connectivity index (χ3n) is 4.04. The van der Waals surface area contributed by atoms with Gasteiger partial charge in [-0.3, -0.25) is 4.79 Å². The largest absolute Gasteiger partial charge is 0.366 e. The van der Waals surface area contributed by atoms with Gasteiger partial charge in [-0.15, -0.1) is 0 Å². The van der Waals surface area contributed by atoms with Gasteiger partial charge in [0.1, 0.15) is 28.8 Å². The third-order valence-corrected chi connectivity index (χ3v) is 4.04. The number of nitrogens with one attached hydrogen (secondary N) is 2. The maximum atomic E-state index is 13.6. The Labute approximate surface area is 138 Å². The predicted octanol–water partition coefficient (Wildman–Crippen LogP) is 3.75. The highest BCUT2D eigenvalue weighted by Crippen LogP contribution is 2.21. The fourth-order valence-electron chi connectivity index (χ4n) is 2.77. The fraction of sp³-hybridized carbons (Fsp3) is 0.353. The minimum absolute atomic E-state index is 0.00755. The number of rotatable bonds is 4. The zero-order chi connectivity index (χ0) is 16.9. The molecule has 2 N–H and O–H groups in total. The summed E-state index contributed by atoms with van der Waals surface area (Å²) in [6.07, 6.45) is 8.59. The minimum Gasteiger partial charge on any atom is -0.366 e. The quantitative estimate of drug-likeness (QED) is 0.895. The summed E-state index contributed by atoms with van der Waals surface area (Å²) in [4.78, 5) is 20.2. The highest BCUT2D eigenvalue weighted by atomic mass is 19.1. The lowest BCUT2D eigenvalue weighted by Crippen LogP contribution is -2.23. The maximum Gasteiger partial charge on any atom is 0.276 e. The molecule has 0 radical (unpaired) electrons. The lowest BCUT2D eigenvalue weighted by molar-refractivity contribution is 0.102. The summed E-state index contributed by atoms with van der Waals surface area (Å²) in [5.74, 6) is -1.80. The maximum absolute atomic E-state index is 13.6. The highest BCUT2D eigenvalue weighted by Gasteiger charge is 2.16. The first-order valence-electron chi connectivity index (χ1n) is 7.97. The Morgan fingerprint density at radius 1 is 1.04 bits per heavy atom. The summed E-state index contributed by atoms with van der Waals surface area (Å²) >= 11 is 0. The number of carbonyl (C=O) groups excluding carboxylic acids is 1. The molecule has 0 saturated heterocycles. The predicted molar refractivity (Wildman–Crippen MR) is 86.8 cm³/mol. The molecule has 0 bridgehead atoms. The zero-order valence-corrected chi connectivity index (χ0v) is 13.1. The molecular weight excluding hydrogens is 314 g/mol. The van der Waals surface area contributed by atoms with Gasteiger partial charge in [0.15, 0.2) is 0 Å². The van der Waals surface area contributed by atoms with Crippen LogP contribution >= 0.6 is 0 Å². The van der Waals surface area contributed by atoms with E-state index in [9.17, 15) is 13.6 Å². The number of para-hydroxylation sites is 1. The lowest BCUT2D eigenvalue weighted by atomic mass is 9.96. The molecule has 1 amide bonds. The molecule has 2 aromatic rings. The van der Waals surface area contributed by atoms with Crippen molar-refractivity contribution in [2.24, 2.45) is 0 Å². The molecule has 3 rings (SSSR count). The lowest BCUT2D eigenvalue weighted by Gasteiger charge is -2.23. The Balaban J connectivity index is 1.65. The number of aromatic nitrogens is 2. The van der Waals surface area contributed by atoms with E-state index in [1.165, 1.54) is 37.7 Å². The van der Waals surface area contributed by atoms with Crippen LogP contribution in [0.25, 0.3) is 0 Å². The molecule has 24 heavy (non-hydrogen) atoms. The standard InChI is InChI=1S/C17H18F2N4O/c18-12-7-4-8-13(19)16(12)23-17(24)14-9-21-15(10-20-14)22-11-5-2-1-3-6-11/h4,7-11H,1-3,5-6H2,(H,21,22)(H,23,24). The normalized spacial score (nSPS) is 15.1. The van der Waals surface area contributed by atoms with Crippen LogP contribution in [-0.2, 0) is 0 Å². The molecule has 7 heteroatoms. The van der Waals surface area contributed by atoms with E-state index in [-0.39, 0.29) is 5.69 Å². The molecular formula is C17H18F2N4O. The summed E-state index contributed by atoms with van der Waals surface area (Å²) in [6.45, 7) is 0. The number of hydrogen-bond donors (Lipinski definition) is 2. The van der Waals surface area contributed by atoms with Gasteiger partial charge < -0.3 is 10.6 Å². The second-order valence-corrected chi connectivity index (χ2v) is 5.82. The van der Waals surface area contributed by atoms with Gasteiger partial charge in [-0.1, -0.05) is 25.3 Å². The van der Waals surface area contributed by atoms with Gasteiger partial charge >= 0.3 is 0 Å². The number of amides is 1. The van der Waals surface area contributed by atoms with Gasteiger partial charge in [0, 0.05) is 6.04 Å².